The molecular formula is C17H18N6O2. The van der Waals surface area contributed by atoms with Gasteiger partial charge in [0, 0.05) is 23.4 Å². The first-order valence-electron chi connectivity index (χ1n) is 8.09. The van der Waals surface area contributed by atoms with Gasteiger partial charge in [-0.05, 0) is 38.1 Å². The van der Waals surface area contributed by atoms with Crippen LogP contribution in [0.2, 0.25) is 0 Å². The summed E-state index contributed by atoms with van der Waals surface area (Å²) in [6.07, 6.45) is 0.871. The standard InChI is InChI=1S/C17H18N6O2/c1-10-8-11(2)19-16(18-10)21-17-20-15(22-23-17)12-4-5-13-14(9-12)25-7-3-6-24-13/h4-5,8-9H,3,6-7H2,1-2H3,(H2,18,19,20,21,22,23). The molecular weight excluding hydrogens is 320 g/mol. The van der Waals surface area contributed by atoms with Crippen molar-refractivity contribution in [1.29, 1.82) is 0 Å². The number of fused-ring (bicyclic) bond motifs is 1. The molecule has 128 valence electrons. The molecule has 0 radical (unpaired) electrons. The van der Waals surface area contributed by atoms with Crippen molar-refractivity contribution in [3.05, 3.63) is 35.7 Å². The molecule has 1 aliphatic rings. The predicted octanol–water partition coefficient (Wildman–Crippen LogP) is 2.78. The van der Waals surface area contributed by atoms with Gasteiger partial charge in [0.05, 0.1) is 13.2 Å². The van der Waals surface area contributed by atoms with E-state index in [4.69, 9.17) is 9.47 Å². The number of nitrogens with zero attached hydrogens (tertiary/aromatic N) is 4. The van der Waals surface area contributed by atoms with Crippen LogP contribution >= 0.6 is 0 Å². The zero-order valence-electron chi connectivity index (χ0n) is 14.0. The quantitative estimate of drug-likeness (QED) is 0.757. The lowest BCUT2D eigenvalue weighted by Crippen LogP contribution is -2.01. The van der Waals surface area contributed by atoms with Crippen LogP contribution in [-0.4, -0.2) is 38.4 Å². The first-order valence-corrected chi connectivity index (χ1v) is 8.09. The largest absolute Gasteiger partial charge is 0.490 e. The van der Waals surface area contributed by atoms with Crippen LogP contribution in [-0.2, 0) is 0 Å². The number of rotatable bonds is 3. The number of aromatic amines is 1. The molecule has 2 N–H and O–H groups in total. The first kappa shape index (κ1) is 15.4. The summed E-state index contributed by atoms with van der Waals surface area (Å²) in [6, 6.07) is 7.62. The van der Waals surface area contributed by atoms with Crippen molar-refractivity contribution in [3.8, 4) is 22.9 Å². The Balaban J connectivity index is 1.57. The molecule has 0 aliphatic carbocycles. The van der Waals surface area contributed by atoms with Crippen LogP contribution in [0.5, 0.6) is 11.5 Å². The van der Waals surface area contributed by atoms with Crippen LogP contribution in [0.15, 0.2) is 24.3 Å². The van der Waals surface area contributed by atoms with Gasteiger partial charge in [-0.1, -0.05) is 0 Å². The molecule has 1 aliphatic heterocycles. The highest BCUT2D eigenvalue weighted by molar-refractivity contribution is 5.62. The van der Waals surface area contributed by atoms with Crippen molar-refractivity contribution in [2.24, 2.45) is 0 Å². The van der Waals surface area contributed by atoms with Crippen molar-refractivity contribution < 1.29 is 9.47 Å². The number of benzene rings is 1. The highest BCUT2D eigenvalue weighted by atomic mass is 16.5. The molecule has 0 atom stereocenters. The fourth-order valence-electron chi connectivity index (χ4n) is 2.64. The average Bonchev–Trinajstić information content (AvgIpc) is 2.90. The number of aromatic nitrogens is 5. The lowest BCUT2D eigenvalue weighted by Gasteiger charge is -2.07. The lowest BCUT2D eigenvalue weighted by molar-refractivity contribution is 0.297. The van der Waals surface area contributed by atoms with Gasteiger partial charge in [0.25, 0.3) is 0 Å². The van der Waals surface area contributed by atoms with E-state index in [2.05, 4.69) is 30.5 Å². The highest BCUT2D eigenvalue weighted by Crippen LogP contribution is 2.33. The van der Waals surface area contributed by atoms with Crippen molar-refractivity contribution in [3.63, 3.8) is 0 Å². The Morgan fingerprint density at radius 1 is 0.920 bits per heavy atom. The first-order chi connectivity index (χ1) is 12.2. The number of ether oxygens (including phenoxy) is 2. The molecule has 8 nitrogen and oxygen atoms in total. The number of anilines is 2. The second-order valence-corrected chi connectivity index (χ2v) is 5.82. The van der Waals surface area contributed by atoms with Gasteiger partial charge < -0.3 is 9.47 Å². The lowest BCUT2D eigenvalue weighted by atomic mass is 10.2. The summed E-state index contributed by atoms with van der Waals surface area (Å²) in [5.41, 5.74) is 2.63. The summed E-state index contributed by atoms with van der Waals surface area (Å²) in [4.78, 5) is 13.1. The van der Waals surface area contributed by atoms with Gasteiger partial charge in [-0.25, -0.2) is 9.97 Å². The van der Waals surface area contributed by atoms with Crippen LogP contribution in [0.25, 0.3) is 11.4 Å². The monoisotopic (exact) mass is 338 g/mol. The third-order valence-corrected chi connectivity index (χ3v) is 3.71. The third kappa shape index (κ3) is 3.37. The van der Waals surface area contributed by atoms with Crippen LogP contribution in [0.3, 0.4) is 0 Å². The maximum absolute atomic E-state index is 5.72. The Hall–Kier alpha value is -3.16. The van der Waals surface area contributed by atoms with Gasteiger partial charge in [0.15, 0.2) is 17.3 Å². The van der Waals surface area contributed by atoms with E-state index in [1.807, 2.05) is 38.1 Å². The van der Waals surface area contributed by atoms with Gasteiger partial charge >= 0.3 is 0 Å². The molecule has 0 bridgehead atoms. The van der Waals surface area contributed by atoms with E-state index < -0.39 is 0 Å². The molecule has 0 amide bonds. The number of aryl methyl sites for hydroxylation is 2. The van der Waals surface area contributed by atoms with Gasteiger partial charge in [-0.3, -0.25) is 10.4 Å². The second-order valence-electron chi connectivity index (χ2n) is 5.82. The molecule has 3 heterocycles. The van der Waals surface area contributed by atoms with E-state index in [9.17, 15) is 0 Å². The number of hydrogen-bond donors (Lipinski definition) is 2. The average molecular weight is 338 g/mol. The minimum absolute atomic E-state index is 0.409. The molecule has 0 unspecified atom stereocenters. The Labute approximate surface area is 144 Å². The number of hydrogen-bond acceptors (Lipinski definition) is 7. The summed E-state index contributed by atoms with van der Waals surface area (Å²) in [6.45, 7) is 5.14. The Bertz CT molecular complexity index is 888. The van der Waals surface area contributed by atoms with Crippen molar-refractivity contribution >= 4 is 11.9 Å². The molecule has 8 heteroatoms. The minimum atomic E-state index is 0.409. The zero-order chi connectivity index (χ0) is 17.2. The maximum Gasteiger partial charge on any atom is 0.249 e. The van der Waals surface area contributed by atoms with Crippen molar-refractivity contribution in [2.75, 3.05) is 18.5 Å². The van der Waals surface area contributed by atoms with Gasteiger partial charge in [-0.2, -0.15) is 4.98 Å². The zero-order valence-corrected chi connectivity index (χ0v) is 14.0. The summed E-state index contributed by atoms with van der Waals surface area (Å²) in [5, 5.41) is 10.1. The summed E-state index contributed by atoms with van der Waals surface area (Å²) in [7, 11) is 0. The van der Waals surface area contributed by atoms with E-state index >= 15 is 0 Å². The van der Waals surface area contributed by atoms with Crippen LogP contribution in [0.4, 0.5) is 11.9 Å². The van der Waals surface area contributed by atoms with Crippen molar-refractivity contribution in [2.45, 2.75) is 20.3 Å². The highest BCUT2D eigenvalue weighted by Gasteiger charge is 2.14. The molecule has 4 rings (SSSR count). The van der Waals surface area contributed by atoms with Crippen LogP contribution in [0, 0.1) is 13.8 Å². The SMILES string of the molecule is Cc1cc(C)nc(Nc2n[nH]c(-c3ccc4c(c3)OCCCO4)n2)n1. The Kier molecular flexibility index (Phi) is 3.93. The Morgan fingerprint density at radius 3 is 2.48 bits per heavy atom. The molecule has 0 spiro atoms. The predicted molar refractivity (Wildman–Crippen MR) is 92.2 cm³/mol. The normalized spacial score (nSPS) is 13.4. The smallest absolute Gasteiger partial charge is 0.249 e. The van der Waals surface area contributed by atoms with E-state index in [1.54, 1.807) is 0 Å². The van der Waals surface area contributed by atoms with Crippen LogP contribution < -0.4 is 14.8 Å². The van der Waals surface area contributed by atoms with E-state index in [1.165, 1.54) is 0 Å². The number of H-pyrrole nitrogens is 1. The fourth-order valence-corrected chi connectivity index (χ4v) is 2.64. The summed E-state index contributed by atoms with van der Waals surface area (Å²) in [5.74, 6) is 2.98. The second kappa shape index (κ2) is 6.39. The molecule has 0 saturated carbocycles. The van der Waals surface area contributed by atoms with E-state index in [0.717, 1.165) is 34.9 Å². The number of nitrogens with one attached hydrogen (secondary N) is 2. The summed E-state index contributed by atoms with van der Waals surface area (Å²) >= 11 is 0. The maximum atomic E-state index is 5.72. The fraction of sp³-hybridized carbons (Fsp3) is 0.294. The molecule has 0 saturated heterocycles. The third-order valence-electron chi connectivity index (χ3n) is 3.71. The van der Waals surface area contributed by atoms with Crippen molar-refractivity contribution in [1.82, 2.24) is 25.1 Å². The molecule has 1 aromatic carbocycles. The molecule has 0 fully saturated rings. The Morgan fingerprint density at radius 2 is 1.68 bits per heavy atom. The minimum Gasteiger partial charge on any atom is -0.490 e. The molecule has 3 aromatic rings. The topological polar surface area (TPSA) is 97.8 Å². The molecule has 25 heavy (non-hydrogen) atoms. The van der Waals surface area contributed by atoms with E-state index in [0.29, 0.717) is 30.9 Å². The van der Waals surface area contributed by atoms with Gasteiger partial charge in [-0.15, -0.1) is 5.10 Å². The van der Waals surface area contributed by atoms with Crippen LogP contribution in [0.1, 0.15) is 17.8 Å². The van der Waals surface area contributed by atoms with Gasteiger partial charge in [0.2, 0.25) is 11.9 Å². The van der Waals surface area contributed by atoms with E-state index in [-0.39, 0.29) is 0 Å². The van der Waals surface area contributed by atoms with Gasteiger partial charge in [0.1, 0.15) is 0 Å². The molecule has 2 aromatic heterocycles. The summed E-state index contributed by atoms with van der Waals surface area (Å²) < 4.78 is 11.4.